The molecule has 1 fully saturated rings. The number of amides is 1. The van der Waals surface area contributed by atoms with Crippen LogP contribution in [-0.4, -0.2) is 29.9 Å². The van der Waals surface area contributed by atoms with Crippen molar-refractivity contribution in [2.75, 3.05) is 13.1 Å². The number of nitrogens with one attached hydrogen (secondary N) is 1. The minimum atomic E-state index is -4.40. The largest absolute Gasteiger partial charge is 0.416 e. The summed E-state index contributed by atoms with van der Waals surface area (Å²) in [5.74, 6) is -0.355. The van der Waals surface area contributed by atoms with E-state index in [9.17, 15) is 18.0 Å². The van der Waals surface area contributed by atoms with E-state index in [1.165, 1.54) is 17.0 Å². The van der Waals surface area contributed by atoms with Gasteiger partial charge in [-0.05, 0) is 68.6 Å². The van der Waals surface area contributed by atoms with Crippen LogP contribution in [0, 0.1) is 0 Å². The fourth-order valence-electron chi connectivity index (χ4n) is 3.40. The van der Waals surface area contributed by atoms with Gasteiger partial charge < -0.3 is 5.32 Å². The molecule has 1 aromatic carbocycles. The third kappa shape index (κ3) is 4.27. The van der Waals surface area contributed by atoms with E-state index in [-0.39, 0.29) is 23.6 Å². The lowest BCUT2D eigenvalue weighted by Gasteiger charge is -2.32. The van der Waals surface area contributed by atoms with E-state index in [1.54, 1.807) is 11.3 Å². The number of carbonyl (C=O) groups excluding carboxylic acids is 1. The van der Waals surface area contributed by atoms with Gasteiger partial charge in [0, 0.05) is 16.5 Å². The summed E-state index contributed by atoms with van der Waals surface area (Å²) in [5, 5.41) is 4.98. The minimum Gasteiger partial charge on any atom is -0.348 e. The molecule has 2 heterocycles. The van der Waals surface area contributed by atoms with Crippen LogP contribution < -0.4 is 5.32 Å². The van der Waals surface area contributed by atoms with Crippen molar-refractivity contribution in [1.29, 1.82) is 0 Å². The Morgan fingerprint density at radius 3 is 2.35 bits per heavy atom. The Kier molecular flexibility index (Phi) is 5.67. The van der Waals surface area contributed by atoms with E-state index in [1.807, 2.05) is 18.4 Å². The van der Waals surface area contributed by atoms with Gasteiger partial charge in [-0.2, -0.15) is 13.2 Å². The first kappa shape index (κ1) is 18.9. The van der Waals surface area contributed by atoms with Gasteiger partial charge >= 0.3 is 6.18 Å². The average molecular weight is 382 g/mol. The highest BCUT2D eigenvalue weighted by Gasteiger charge is 2.32. The molecular weight excluding hydrogens is 361 g/mol. The maximum absolute atomic E-state index is 12.7. The van der Waals surface area contributed by atoms with Crippen LogP contribution in [0.4, 0.5) is 13.2 Å². The van der Waals surface area contributed by atoms with Gasteiger partial charge in [-0.25, -0.2) is 0 Å². The molecule has 1 aromatic heterocycles. The van der Waals surface area contributed by atoms with Crippen LogP contribution in [-0.2, 0) is 6.18 Å². The molecule has 3 nitrogen and oxygen atoms in total. The summed E-state index contributed by atoms with van der Waals surface area (Å²) in [5.41, 5.74) is -0.521. The molecule has 0 saturated carbocycles. The van der Waals surface area contributed by atoms with E-state index in [4.69, 9.17) is 0 Å². The van der Waals surface area contributed by atoms with Crippen molar-refractivity contribution in [3.63, 3.8) is 0 Å². The van der Waals surface area contributed by atoms with Gasteiger partial charge in [0.2, 0.25) is 0 Å². The van der Waals surface area contributed by atoms with Crippen molar-refractivity contribution < 1.29 is 18.0 Å². The molecule has 140 valence electrons. The first-order valence-electron chi connectivity index (χ1n) is 8.62. The number of carbonyl (C=O) groups is 1. The third-order valence-corrected chi connectivity index (χ3v) is 5.62. The van der Waals surface area contributed by atoms with E-state index < -0.39 is 11.7 Å². The number of halogens is 3. The van der Waals surface area contributed by atoms with Crippen molar-refractivity contribution in [3.8, 4) is 0 Å². The maximum atomic E-state index is 12.7. The molecule has 0 spiro atoms. The Bertz CT molecular complexity index is 722. The predicted octanol–water partition coefficient (Wildman–Crippen LogP) is 4.72. The maximum Gasteiger partial charge on any atom is 0.416 e. The fourth-order valence-corrected chi connectivity index (χ4v) is 4.37. The third-order valence-electron chi connectivity index (χ3n) is 4.68. The molecule has 1 saturated heterocycles. The van der Waals surface area contributed by atoms with Gasteiger partial charge in [0.1, 0.15) is 0 Å². The van der Waals surface area contributed by atoms with E-state index in [2.05, 4.69) is 16.3 Å². The summed E-state index contributed by atoms with van der Waals surface area (Å²) < 4.78 is 38.0. The second-order valence-corrected chi connectivity index (χ2v) is 7.52. The molecule has 26 heavy (non-hydrogen) atoms. The molecule has 1 aliphatic heterocycles. The Morgan fingerprint density at radius 1 is 1.15 bits per heavy atom. The molecule has 2 aromatic rings. The summed E-state index contributed by atoms with van der Waals surface area (Å²) in [7, 11) is 0. The van der Waals surface area contributed by atoms with Crippen LogP contribution in [0.1, 0.15) is 46.6 Å². The van der Waals surface area contributed by atoms with Gasteiger partial charge in [-0.15, -0.1) is 11.3 Å². The molecule has 0 aliphatic carbocycles. The zero-order chi connectivity index (χ0) is 18.7. The lowest BCUT2D eigenvalue weighted by atomic mass is 10.1. The van der Waals surface area contributed by atoms with Gasteiger partial charge in [-0.1, -0.05) is 6.07 Å². The highest BCUT2D eigenvalue weighted by atomic mass is 32.1. The smallest absolute Gasteiger partial charge is 0.348 e. The van der Waals surface area contributed by atoms with Crippen LogP contribution >= 0.6 is 11.3 Å². The zero-order valence-corrected chi connectivity index (χ0v) is 15.2. The van der Waals surface area contributed by atoms with Crippen molar-refractivity contribution in [3.05, 3.63) is 57.8 Å². The number of nitrogens with zero attached hydrogens (tertiary/aromatic N) is 1. The van der Waals surface area contributed by atoms with Crippen molar-refractivity contribution in [2.24, 2.45) is 0 Å². The van der Waals surface area contributed by atoms with E-state index in [0.29, 0.717) is 0 Å². The standard InChI is InChI=1S/C19H21F3N2OS/c1-13(17(16-5-4-12-26-16)24-10-2-3-11-24)23-18(25)14-6-8-15(9-7-14)19(20,21)22/h4-9,12-13,17H,2-3,10-11H2,1H3,(H,23,25)/t13-,17-/m1/s1. The van der Waals surface area contributed by atoms with Crippen LogP contribution in [0.25, 0.3) is 0 Å². The number of benzene rings is 1. The van der Waals surface area contributed by atoms with Gasteiger partial charge in [-0.3, -0.25) is 9.69 Å². The number of hydrogen-bond acceptors (Lipinski definition) is 3. The Labute approximate surface area is 154 Å². The SMILES string of the molecule is C[C@@H](NC(=O)c1ccc(C(F)(F)F)cc1)[C@H](c1cccs1)N1CCCC1. The molecule has 7 heteroatoms. The molecule has 1 amide bonds. The number of rotatable bonds is 5. The number of likely N-dealkylation sites (tertiary alicyclic amines) is 1. The highest BCUT2D eigenvalue weighted by Crippen LogP contribution is 2.32. The predicted molar refractivity (Wildman–Crippen MR) is 96.2 cm³/mol. The number of hydrogen-bond donors (Lipinski definition) is 1. The van der Waals surface area contributed by atoms with E-state index in [0.717, 1.165) is 38.1 Å². The molecule has 0 unspecified atom stereocenters. The monoisotopic (exact) mass is 382 g/mol. The van der Waals surface area contributed by atoms with E-state index >= 15 is 0 Å². The molecule has 1 N–H and O–H groups in total. The minimum absolute atomic E-state index is 0.0795. The van der Waals surface area contributed by atoms with Crippen LogP contribution in [0.2, 0.25) is 0 Å². The zero-order valence-electron chi connectivity index (χ0n) is 14.4. The Balaban J connectivity index is 1.72. The molecule has 2 atom stereocenters. The molecule has 0 bridgehead atoms. The Morgan fingerprint density at radius 2 is 1.81 bits per heavy atom. The summed E-state index contributed by atoms with van der Waals surface area (Å²) >= 11 is 1.66. The summed E-state index contributed by atoms with van der Waals surface area (Å²) in [6.45, 7) is 3.93. The lowest BCUT2D eigenvalue weighted by molar-refractivity contribution is -0.137. The molecular formula is C19H21F3N2OS. The van der Waals surface area contributed by atoms with Crippen LogP contribution in [0.3, 0.4) is 0 Å². The summed E-state index contributed by atoms with van der Waals surface area (Å²) in [4.78, 5) is 16.0. The first-order valence-corrected chi connectivity index (χ1v) is 9.50. The van der Waals surface area contributed by atoms with Crippen molar-refractivity contribution in [2.45, 2.75) is 38.0 Å². The summed E-state index contributed by atoms with van der Waals surface area (Å²) in [6.07, 6.45) is -2.12. The topological polar surface area (TPSA) is 32.3 Å². The average Bonchev–Trinajstić information content (AvgIpc) is 3.29. The fraction of sp³-hybridized carbons (Fsp3) is 0.421. The van der Waals surface area contributed by atoms with Crippen molar-refractivity contribution in [1.82, 2.24) is 10.2 Å². The molecule has 1 aliphatic rings. The normalized spacial score (nSPS) is 17.8. The number of thiophene rings is 1. The second kappa shape index (κ2) is 7.80. The Hall–Kier alpha value is -1.86. The second-order valence-electron chi connectivity index (χ2n) is 6.54. The van der Waals surface area contributed by atoms with Crippen LogP contribution in [0.5, 0.6) is 0 Å². The van der Waals surface area contributed by atoms with Gasteiger partial charge in [0.05, 0.1) is 11.6 Å². The number of alkyl halides is 3. The summed E-state index contributed by atoms with van der Waals surface area (Å²) in [6, 6.07) is 8.31. The molecule has 0 radical (unpaired) electrons. The lowest BCUT2D eigenvalue weighted by Crippen LogP contribution is -2.43. The molecule has 3 rings (SSSR count). The highest BCUT2D eigenvalue weighted by molar-refractivity contribution is 7.10. The van der Waals surface area contributed by atoms with Crippen LogP contribution in [0.15, 0.2) is 41.8 Å². The van der Waals surface area contributed by atoms with Gasteiger partial charge in [0.15, 0.2) is 0 Å². The van der Waals surface area contributed by atoms with Gasteiger partial charge in [0.25, 0.3) is 5.91 Å². The van der Waals surface area contributed by atoms with Crippen molar-refractivity contribution >= 4 is 17.2 Å². The first-order chi connectivity index (χ1) is 12.4. The quantitative estimate of drug-likeness (QED) is 0.811.